The Morgan fingerprint density at radius 3 is 2.76 bits per heavy atom. The monoisotopic (exact) mass is 336 g/mol. The van der Waals surface area contributed by atoms with Crippen LogP contribution >= 0.6 is 39.3 Å². The third-order valence-electron chi connectivity index (χ3n) is 1.81. The summed E-state index contributed by atoms with van der Waals surface area (Å²) in [6.07, 6.45) is 1.26. The van der Waals surface area contributed by atoms with E-state index in [1.54, 1.807) is 0 Å². The zero-order chi connectivity index (χ0) is 12.4. The van der Waals surface area contributed by atoms with Crippen molar-refractivity contribution in [3.63, 3.8) is 0 Å². The van der Waals surface area contributed by atoms with Gasteiger partial charge in [0.25, 0.3) is 0 Å². The number of nitrogens with zero attached hydrogens (tertiary/aromatic N) is 2. The molecule has 17 heavy (non-hydrogen) atoms. The molecule has 0 radical (unpaired) electrons. The quantitative estimate of drug-likeness (QED) is 0.763. The lowest BCUT2D eigenvalue weighted by Gasteiger charge is -2.05. The number of rotatable bonds is 2. The standard InChI is InChI=1S/C10H4BrClF2N2S/c11-8-9(12)15-4-16-10(8)17-7-3-5(13)1-2-6(7)14/h1-4H. The number of aromatic nitrogens is 2. The van der Waals surface area contributed by atoms with Gasteiger partial charge in [-0.3, -0.25) is 0 Å². The van der Waals surface area contributed by atoms with E-state index in [4.69, 9.17) is 11.6 Å². The van der Waals surface area contributed by atoms with E-state index in [9.17, 15) is 8.78 Å². The molecule has 7 heteroatoms. The summed E-state index contributed by atoms with van der Waals surface area (Å²) in [4.78, 5) is 7.82. The average Bonchev–Trinajstić information content (AvgIpc) is 2.30. The summed E-state index contributed by atoms with van der Waals surface area (Å²) in [6, 6.07) is 3.22. The molecule has 1 aromatic carbocycles. The summed E-state index contributed by atoms with van der Waals surface area (Å²) in [7, 11) is 0. The Kier molecular flexibility index (Phi) is 3.96. The van der Waals surface area contributed by atoms with Crippen LogP contribution in [0.25, 0.3) is 0 Å². The third kappa shape index (κ3) is 2.94. The number of halogens is 4. The van der Waals surface area contributed by atoms with E-state index in [0.717, 1.165) is 30.0 Å². The van der Waals surface area contributed by atoms with Crippen LogP contribution in [0.5, 0.6) is 0 Å². The first-order chi connectivity index (χ1) is 8.08. The predicted octanol–water partition coefficient (Wildman–Crippen LogP) is 4.32. The van der Waals surface area contributed by atoms with E-state index < -0.39 is 11.6 Å². The highest BCUT2D eigenvalue weighted by molar-refractivity contribution is 9.10. The lowest BCUT2D eigenvalue weighted by atomic mass is 10.3. The third-order valence-corrected chi connectivity index (χ3v) is 4.38. The maximum Gasteiger partial charge on any atom is 0.147 e. The molecular weight excluding hydrogens is 334 g/mol. The van der Waals surface area contributed by atoms with E-state index in [0.29, 0.717) is 9.50 Å². The minimum atomic E-state index is -0.516. The van der Waals surface area contributed by atoms with Gasteiger partial charge in [0.05, 0.1) is 9.37 Å². The van der Waals surface area contributed by atoms with Crippen LogP contribution < -0.4 is 0 Å². The van der Waals surface area contributed by atoms with E-state index in [1.807, 2.05) is 0 Å². The van der Waals surface area contributed by atoms with Crippen molar-refractivity contribution in [2.45, 2.75) is 9.92 Å². The molecule has 0 fully saturated rings. The predicted molar refractivity (Wildman–Crippen MR) is 65.2 cm³/mol. The van der Waals surface area contributed by atoms with E-state index in [2.05, 4.69) is 25.9 Å². The molecule has 2 aromatic rings. The fraction of sp³-hybridized carbons (Fsp3) is 0. The lowest BCUT2D eigenvalue weighted by Crippen LogP contribution is -1.89. The van der Waals surface area contributed by atoms with Crippen LogP contribution in [0.4, 0.5) is 8.78 Å². The highest BCUT2D eigenvalue weighted by atomic mass is 79.9. The molecule has 0 aliphatic heterocycles. The van der Waals surface area contributed by atoms with Crippen LogP contribution in [0.1, 0.15) is 0 Å². The van der Waals surface area contributed by atoms with Gasteiger partial charge in [0, 0.05) is 0 Å². The molecule has 0 spiro atoms. The molecule has 0 unspecified atom stereocenters. The average molecular weight is 338 g/mol. The van der Waals surface area contributed by atoms with Crippen LogP contribution in [0.15, 0.2) is 38.9 Å². The Labute approximate surface area is 114 Å². The molecule has 0 amide bonds. The molecule has 0 saturated carbocycles. The van der Waals surface area contributed by atoms with Gasteiger partial charge in [-0.1, -0.05) is 23.4 Å². The van der Waals surface area contributed by atoms with Gasteiger partial charge in [-0.2, -0.15) is 0 Å². The van der Waals surface area contributed by atoms with Crippen molar-refractivity contribution in [3.8, 4) is 0 Å². The first kappa shape index (κ1) is 12.7. The SMILES string of the molecule is Fc1ccc(F)c(Sc2ncnc(Cl)c2Br)c1. The van der Waals surface area contributed by atoms with Gasteiger partial charge in [-0.15, -0.1) is 0 Å². The minimum Gasteiger partial charge on any atom is -0.228 e. The Bertz CT molecular complexity index is 568. The van der Waals surface area contributed by atoms with Crippen molar-refractivity contribution >= 4 is 39.3 Å². The van der Waals surface area contributed by atoms with Gasteiger partial charge in [0.2, 0.25) is 0 Å². The molecule has 1 heterocycles. The summed E-state index contributed by atoms with van der Waals surface area (Å²) in [6.45, 7) is 0. The fourth-order valence-corrected chi connectivity index (χ4v) is 2.53. The fourth-order valence-electron chi connectivity index (χ4n) is 1.06. The highest BCUT2D eigenvalue weighted by Crippen LogP contribution is 2.35. The summed E-state index contributed by atoms with van der Waals surface area (Å²) in [5.74, 6) is -1.02. The minimum absolute atomic E-state index is 0.139. The van der Waals surface area contributed by atoms with Gasteiger partial charge in [-0.25, -0.2) is 18.7 Å². The molecule has 0 N–H and O–H groups in total. The van der Waals surface area contributed by atoms with Gasteiger partial charge >= 0.3 is 0 Å². The van der Waals surface area contributed by atoms with E-state index >= 15 is 0 Å². The molecule has 1 aromatic heterocycles. The molecular formula is C10H4BrClF2N2S. The second-order valence-corrected chi connectivity index (χ2v) is 5.14. The Hall–Kier alpha value is -0.720. The second-order valence-electron chi connectivity index (χ2n) is 2.96. The van der Waals surface area contributed by atoms with Gasteiger partial charge in [-0.05, 0) is 34.1 Å². The molecule has 0 atom stereocenters. The normalized spacial score (nSPS) is 10.6. The summed E-state index contributed by atoms with van der Waals surface area (Å²) >= 11 is 9.93. The van der Waals surface area contributed by atoms with Crippen LogP contribution in [0.2, 0.25) is 5.15 Å². The number of hydrogen-bond donors (Lipinski definition) is 0. The van der Waals surface area contributed by atoms with Crippen LogP contribution in [-0.2, 0) is 0 Å². The molecule has 2 rings (SSSR count). The van der Waals surface area contributed by atoms with Crippen molar-refractivity contribution in [1.82, 2.24) is 9.97 Å². The van der Waals surface area contributed by atoms with Crippen LogP contribution in [0, 0.1) is 11.6 Å². The Morgan fingerprint density at radius 1 is 1.24 bits per heavy atom. The largest absolute Gasteiger partial charge is 0.228 e. The van der Waals surface area contributed by atoms with E-state index in [-0.39, 0.29) is 10.0 Å². The molecule has 2 nitrogen and oxygen atoms in total. The zero-order valence-electron chi connectivity index (χ0n) is 8.12. The maximum atomic E-state index is 13.4. The van der Waals surface area contributed by atoms with Crippen molar-refractivity contribution in [1.29, 1.82) is 0 Å². The lowest BCUT2D eigenvalue weighted by molar-refractivity contribution is 0.577. The molecule has 88 valence electrons. The summed E-state index contributed by atoms with van der Waals surface area (Å²) in [5.41, 5.74) is 0. The molecule has 0 bridgehead atoms. The summed E-state index contributed by atoms with van der Waals surface area (Å²) < 4.78 is 26.8. The van der Waals surface area contributed by atoms with Crippen LogP contribution in [-0.4, -0.2) is 9.97 Å². The van der Waals surface area contributed by atoms with Gasteiger partial charge in [0.15, 0.2) is 0 Å². The summed E-state index contributed by atoms with van der Waals surface area (Å²) in [5, 5.41) is 0.647. The zero-order valence-corrected chi connectivity index (χ0v) is 11.3. The van der Waals surface area contributed by atoms with E-state index in [1.165, 1.54) is 6.33 Å². The van der Waals surface area contributed by atoms with Crippen molar-refractivity contribution in [2.24, 2.45) is 0 Å². The van der Waals surface area contributed by atoms with Gasteiger partial charge < -0.3 is 0 Å². The van der Waals surface area contributed by atoms with Crippen molar-refractivity contribution < 1.29 is 8.78 Å². The Balaban J connectivity index is 2.38. The van der Waals surface area contributed by atoms with Crippen molar-refractivity contribution in [3.05, 3.63) is 45.8 Å². The topological polar surface area (TPSA) is 25.8 Å². The van der Waals surface area contributed by atoms with Crippen molar-refractivity contribution in [2.75, 3.05) is 0 Å². The molecule has 0 aliphatic rings. The Morgan fingerprint density at radius 2 is 2.00 bits per heavy atom. The highest BCUT2D eigenvalue weighted by Gasteiger charge is 2.12. The number of hydrogen-bond acceptors (Lipinski definition) is 3. The van der Waals surface area contributed by atoms with Crippen LogP contribution in [0.3, 0.4) is 0 Å². The smallest absolute Gasteiger partial charge is 0.147 e. The first-order valence-corrected chi connectivity index (χ1v) is 6.35. The first-order valence-electron chi connectivity index (χ1n) is 4.37. The maximum absolute atomic E-state index is 13.4. The number of benzene rings is 1. The van der Waals surface area contributed by atoms with Gasteiger partial charge in [0.1, 0.15) is 28.1 Å². The molecule has 0 saturated heterocycles. The second kappa shape index (κ2) is 5.29. The molecule has 0 aliphatic carbocycles.